The molecule has 0 saturated heterocycles. The second-order valence-corrected chi connectivity index (χ2v) is 9.95. The molecule has 1 aromatic carbocycles. The average Bonchev–Trinajstić information content (AvgIpc) is 3.35. The molecule has 2 atom stereocenters. The Kier molecular flexibility index (Phi) is 7.98. The molecule has 0 unspecified atom stereocenters. The first kappa shape index (κ1) is 27.4. The second kappa shape index (κ2) is 11.4. The van der Waals surface area contributed by atoms with Crippen LogP contribution in [0.2, 0.25) is 0 Å². The standard InChI is InChI=1S/C24H25N7O7S/c1-14(21(38-5)22-25-12-15(35-2)13-26-22)39(33,34)30-24-29-28-23(16-8-6-11-19(27-16)37-4)31(24)20-17(32)9-7-10-18(20)36-3/h7,9-14,21,32H,1-5H3,(H,29,30)/t14-,21-/m0/s1. The lowest BCUT2D eigenvalue weighted by Gasteiger charge is -2.22. The van der Waals surface area contributed by atoms with E-state index < -0.39 is 21.4 Å². The molecule has 0 spiro atoms. The molecule has 0 radical (unpaired) electrons. The van der Waals surface area contributed by atoms with Gasteiger partial charge in [-0.15, -0.1) is 10.2 Å². The lowest BCUT2D eigenvalue weighted by molar-refractivity contribution is 0.0948. The molecule has 204 valence electrons. The number of aliphatic imine (C=N–C) groups is 1. The number of rotatable bonds is 10. The van der Waals surface area contributed by atoms with Gasteiger partial charge in [0.1, 0.15) is 28.5 Å². The van der Waals surface area contributed by atoms with Crippen molar-refractivity contribution in [3.05, 3.63) is 59.8 Å². The van der Waals surface area contributed by atoms with Crippen LogP contribution in [-0.4, -0.2) is 77.8 Å². The predicted octanol–water partition coefficient (Wildman–Crippen LogP) is 2.01. The Bertz CT molecular complexity index is 1600. The zero-order valence-electron chi connectivity index (χ0n) is 21.6. The van der Waals surface area contributed by atoms with E-state index in [1.165, 1.54) is 64.5 Å². The summed E-state index contributed by atoms with van der Waals surface area (Å²) in [7, 11) is 1.41. The zero-order valence-corrected chi connectivity index (χ0v) is 22.4. The first-order valence-corrected chi connectivity index (χ1v) is 12.9. The fraction of sp³-hybridized carbons (Fsp3) is 0.292. The fourth-order valence-corrected chi connectivity index (χ4v) is 4.76. The number of phenolic OH excluding ortho intramolecular Hbond substituents is 1. The molecule has 2 N–H and O–H groups in total. The van der Waals surface area contributed by atoms with Crippen molar-refractivity contribution in [1.82, 2.24) is 24.7 Å². The number of nitrogens with one attached hydrogen (secondary N) is 1. The van der Waals surface area contributed by atoms with E-state index in [9.17, 15) is 13.5 Å². The molecule has 14 nitrogen and oxygen atoms in total. The Morgan fingerprint density at radius 3 is 2.44 bits per heavy atom. The fourth-order valence-electron chi connectivity index (χ4n) is 3.63. The Morgan fingerprint density at radius 1 is 1.05 bits per heavy atom. The number of sulfonamides is 1. The van der Waals surface area contributed by atoms with Gasteiger partial charge in [0.2, 0.25) is 21.9 Å². The van der Waals surface area contributed by atoms with Crippen molar-refractivity contribution in [2.24, 2.45) is 4.99 Å². The van der Waals surface area contributed by atoms with E-state index in [2.05, 4.69) is 41.3 Å². The van der Waals surface area contributed by atoms with Gasteiger partial charge in [0.05, 0.1) is 39.8 Å². The van der Waals surface area contributed by atoms with Crippen molar-refractivity contribution in [3.63, 3.8) is 0 Å². The van der Waals surface area contributed by atoms with E-state index in [0.717, 1.165) is 0 Å². The molecule has 4 rings (SSSR count). The topological polar surface area (TPSA) is 172 Å². The third-order valence-corrected chi connectivity index (χ3v) is 7.35. The first-order chi connectivity index (χ1) is 18.7. The zero-order chi connectivity index (χ0) is 28.2. The van der Waals surface area contributed by atoms with Gasteiger partial charge in [0, 0.05) is 7.11 Å². The van der Waals surface area contributed by atoms with Crippen LogP contribution in [0.4, 0.5) is 5.95 Å². The number of hydrogen-bond donors (Lipinski definition) is 2. The molecule has 0 bridgehead atoms. The van der Waals surface area contributed by atoms with Crippen molar-refractivity contribution < 1.29 is 32.5 Å². The minimum atomic E-state index is -4.23. The lowest BCUT2D eigenvalue weighted by Crippen LogP contribution is -2.33. The van der Waals surface area contributed by atoms with Crippen LogP contribution in [-0.2, 0) is 19.5 Å². The monoisotopic (exact) mass is 555 g/mol. The van der Waals surface area contributed by atoms with E-state index in [1.54, 1.807) is 12.1 Å². The second-order valence-electron chi connectivity index (χ2n) is 7.92. The molecule has 2 aromatic heterocycles. The SMILES string of the molecule is COC1=NC(c2nnc(NS(=O)(=O)[C@@H](C)[C@H](OC)c3ncc(OC)cn3)n2-c2c(O)cccc2OC)=C=C=C1. The molecule has 15 heteroatoms. The molecular formula is C24H25N7O7S. The Morgan fingerprint density at radius 2 is 1.79 bits per heavy atom. The Hall–Kier alpha value is -4.68. The molecule has 1 aliphatic heterocycles. The Balaban J connectivity index is 1.81. The number of para-hydroxylation sites is 1. The molecule has 0 fully saturated rings. The van der Waals surface area contributed by atoms with Crippen LogP contribution in [0, 0.1) is 0 Å². The normalized spacial score (nSPS) is 14.3. The Labute approximate surface area is 224 Å². The summed E-state index contributed by atoms with van der Waals surface area (Å²) in [6.45, 7) is 1.43. The number of ether oxygens (including phenoxy) is 4. The molecule has 0 saturated carbocycles. The van der Waals surface area contributed by atoms with Crippen LogP contribution in [0.5, 0.6) is 17.2 Å². The predicted molar refractivity (Wildman–Crippen MR) is 139 cm³/mol. The van der Waals surface area contributed by atoms with E-state index >= 15 is 0 Å². The van der Waals surface area contributed by atoms with Crippen molar-refractivity contribution in [1.29, 1.82) is 0 Å². The minimum absolute atomic E-state index is 0.0251. The number of aromatic nitrogens is 5. The van der Waals surface area contributed by atoms with Crippen LogP contribution in [0.1, 0.15) is 24.7 Å². The van der Waals surface area contributed by atoms with Gasteiger partial charge in [-0.1, -0.05) is 11.8 Å². The maximum Gasteiger partial charge on any atom is 0.243 e. The highest BCUT2D eigenvalue weighted by molar-refractivity contribution is 7.93. The third-order valence-electron chi connectivity index (χ3n) is 5.66. The van der Waals surface area contributed by atoms with Crippen LogP contribution >= 0.6 is 0 Å². The quantitative estimate of drug-likeness (QED) is 0.350. The third kappa shape index (κ3) is 5.47. The number of nitrogens with zero attached hydrogens (tertiary/aromatic N) is 6. The van der Waals surface area contributed by atoms with E-state index in [0.29, 0.717) is 5.75 Å². The number of aromatic hydroxyl groups is 1. The van der Waals surface area contributed by atoms with Crippen molar-refractivity contribution in [3.8, 4) is 22.9 Å². The minimum Gasteiger partial charge on any atom is -0.506 e. The molecule has 3 heterocycles. The molecule has 0 aliphatic carbocycles. The largest absolute Gasteiger partial charge is 0.506 e. The average molecular weight is 556 g/mol. The number of methoxy groups -OCH3 is 4. The summed E-state index contributed by atoms with van der Waals surface area (Å²) in [5, 5.41) is 17.7. The number of hydrogen-bond acceptors (Lipinski definition) is 12. The number of benzene rings is 1. The van der Waals surface area contributed by atoms with E-state index in [-0.39, 0.29) is 46.4 Å². The summed E-state index contributed by atoms with van der Waals surface area (Å²) in [6, 6.07) is 4.55. The number of anilines is 1. The molecular weight excluding hydrogens is 530 g/mol. The highest BCUT2D eigenvalue weighted by Crippen LogP contribution is 2.37. The van der Waals surface area contributed by atoms with Gasteiger partial charge >= 0.3 is 0 Å². The summed E-state index contributed by atoms with van der Waals surface area (Å²) < 4.78 is 51.9. The first-order valence-electron chi connectivity index (χ1n) is 11.3. The molecule has 3 aromatic rings. The maximum atomic E-state index is 13.6. The maximum absolute atomic E-state index is 13.6. The molecule has 1 aliphatic rings. The number of phenols is 1. The van der Waals surface area contributed by atoms with Crippen LogP contribution in [0.25, 0.3) is 11.4 Å². The molecule has 0 amide bonds. The van der Waals surface area contributed by atoms with Crippen molar-refractivity contribution in [2.75, 3.05) is 33.2 Å². The van der Waals surface area contributed by atoms with Crippen LogP contribution in [0.3, 0.4) is 0 Å². The van der Waals surface area contributed by atoms with Gasteiger partial charge in [-0.3, -0.25) is 9.29 Å². The van der Waals surface area contributed by atoms with E-state index in [1.807, 2.05) is 0 Å². The van der Waals surface area contributed by atoms with Gasteiger partial charge in [-0.05, 0) is 24.8 Å². The highest BCUT2D eigenvalue weighted by Gasteiger charge is 2.35. The molecule has 39 heavy (non-hydrogen) atoms. The van der Waals surface area contributed by atoms with Crippen LogP contribution in [0.15, 0.2) is 53.1 Å². The summed E-state index contributed by atoms with van der Waals surface area (Å²) in [6.07, 6.45) is 3.22. The summed E-state index contributed by atoms with van der Waals surface area (Å²) in [5.74, 6) is 0.471. The van der Waals surface area contributed by atoms with Crippen molar-refractivity contribution >= 4 is 27.6 Å². The summed E-state index contributed by atoms with van der Waals surface area (Å²) in [5.41, 5.74) is 5.74. The highest BCUT2D eigenvalue weighted by atomic mass is 32.2. The van der Waals surface area contributed by atoms with Crippen LogP contribution < -0.4 is 14.2 Å². The van der Waals surface area contributed by atoms with Gasteiger partial charge in [-0.25, -0.2) is 23.4 Å². The lowest BCUT2D eigenvalue weighted by atomic mass is 10.2. The van der Waals surface area contributed by atoms with E-state index in [4.69, 9.17) is 18.9 Å². The van der Waals surface area contributed by atoms with Gasteiger partial charge in [0.25, 0.3) is 0 Å². The smallest absolute Gasteiger partial charge is 0.243 e. The van der Waals surface area contributed by atoms with Crippen molar-refractivity contribution in [2.45, 2.75) is 18.3 Å². The van der Waals surface area contributed by atoms with Gasteiger partial charge in [-0.2, -0.15) is 0 Å². The summed E-state index contributed by atoms with van der Waals surface area (Å²) >= 11 is 0. The van der Waals surface area contributed by atoms with Gasteiger partial charge < -0.3 is 24.1 Å². The summed E-state index contributed by atoms with van der Waals surface area (Å²) in [4.78, 5) is 12.6. The van der Waals surface area contributed by atoms with Gasteiger partial charge in [0.15, 0.2) is 23.1 Å².